The smallest absolute Gasteiger partial charge is 0.300 e. The number of pyridine rings is 1. The van der Waals surface area contributed by atoms with E-state index in [1.807, 2.05) is 6.07 Å². The average Bonchev–Trinajstić information content (AvgIpc) is 3.16. The van der Waals surface area contributed by atoms with Gasteiger partial charge in [-0.25, -0.2) is 4.98 Å². The molecule has 0 radical (unpaired) electrons. The Morgan fingerprint density at radius 1 is 1.36 bits per heavy atom. The molecule has 152 valence electrons. The van der Waals surface area contributed by atoms with Crippen LogP contribution >= 0.6 is 11.6 Å². The SMILES string of the molecule is CCCCN1CC([N+](=O)[O-])=C2N(Cc3ccc(Cl)nc3)C[C@H]3CCC[C@H]3N2C1. The van der Waals surface area contributed by atoms with Crippen LogP contribution in [0.3, 0.4) is 0 Å². The first kappa shape index (κ1) is 19.5. The second-order valence-corrected chi connectivity index (χ2v) is 8.56. The molecule has 0 spiro atoms. The first-order chi connectivity index (χ1) is 13.6. The summed E-state index contributed by atoms with van der Waals surface area (Å²) in [4.78, 5) is 22.8. The normalized spacial score (nSPS) is 25.1. The van der Waals surface area contributed by atoms with Crippen molar-refractivity contribution in [3.63, 3.8) is 0 Å². The minimum Gasteiger partial charge on any atom is -0.348 e. The van der Waals surface area contributed by atoms with Gasteiger partial charge in [0.1, 0.15) is 5.15 Å². The molecule has 3 heterocycles. The van der Waals surface area contributed by atoms with Gasteiger partial charge in [-0.15, -0.1) is 0 Å². The molecule has 2 atom stereocenters. The van der Waals surface area contributed by atoms with Gasteiger partial charge >= 0.3 is 0 Å². The molecule has 3 aliphatic rings. The number of nitrogens with zero attached hydrogens (tertiary/aromatic N) is 5. The quantitative estimate of drug-likeness (QED) is 0.409. The van der Waals surface area contributed by atoms with Gasteiger partial charge in [-0.2, -0.15) is 0 Å². The molecule has 0 bridgehead atoms. The lowest BCUT2D eigenvalue weighted by molar-refractivity contribution is -0.434. The van der Waals surface area contributed by atoms with Crippen LogP contribution in [0.4, 0.5) is 0 Å². The lowest BCUT2D eigenvalue weighted by atomic mass is 9.96. The topological polar surface area (TPSA) is 65.8 Å². The van der Waals surface area contributed by atoms with E-state index in [4.69, 9.17) is 11.6 Å². The van der Waals surface area contributed by atoms with Gasteiger partial charge < -0.3 is 9.80 Å². The molecule has 8 heteroatoms. The highest BCUT2D eigenvalue weighted by Crippen LogP contribution is 2.41. The van der Waals surface area contributed by atoms with E-state index in [2.05, 4.69) is 26.6 Å². The number of nitro groups is 1. The molecule has 0 unspecified atom stereocenters. The van der Waals surface area contributed by atoms with Crippen molar-refractivity contribution < 1.29 is 4.92 Å². The first-order valence-corrected chi connectivity index (χ1v) is 10.7. The third kappa shape index (κ3) is 3.82. The zero-order chi connectivity index (χ0) is 19.7. The third-order valence-electron chi connectivity index (χ3n) is 6.24. The lowest BCUT2D eigenvalue weighted by Crippen LogP contribution is -2.59. The lowest BCUT2D eigenvalue weighted by Gasteiger charge is -2.50. The second kappa shape index (κ2) is 8.25. The number of halogens is 1. The summed E-state index contributed by atoms with van der Waals surface area (Å²) in [6, 6.07) is 4.17. The molecule has 1 saturated carbocycles. The molecule has 0 amide bonds. The molecule has 28 heavy (non-hydrogen) atoms. The van der Waals surface area contributed by atoms with Gasteiger partial charge in [0.05, 0.1) is 18.1 Å². The van der Waals surface area contributed by atoms with Gasteiger partial charge in [-0.3, -0.25) is 15.0 Å². The molecule has 1 aromatic rings. The first-order valence-electron chi connectivity index (χ1n) is 10.3. The monoisotopic (exact) mass is 405 g/mol. The van der Waals surface area contributed by atoms with Crippen LogP contribution in [0.5, 0.6) is 0 Å². The number of rotatable bonds is 6. The fourth-order valence-electron chi connectivity index (χ4n) is 4.95. The van der Waals surface area contributed by atoms with Gasteiger partial charge in [0.25, 0.3) is 5.70 Å². The van der Waals surface area contributed by atoms with Crippen molar-refractivity contribution in [3.8, 4) is 0 Å². The summed E-state index contributed by atoms with van der Waals surface area (Å²) < 4.78 is 0. The van der Waals surface area contributed by atoms with Crippen molar-refractivity contribution in [2.24, 2.45) is 5.92 Å². The van der Waals surface area contributed by atoms with Gasteiger partial charge in [0, 0.05) is 31.9 Å². The maximum absolute atomic E-state index is 12.0. The molecule has 1 aromatic heterocycles. The third-order valence-corrected chi connectivity index (χ3v) is 6.46. The molecular weight excluding hydrogens is 378 g/mol. The number of fused-ring (bicyclic) bond motifs is 3. The Bertz CT molecular complexity index is 753. The van der Waals surface area contributed by atoms with Crippen molar-refractivity contribution in [3.05, 3.63) is 50.7 Å². The summed E-state index contributed by atoms with van der Waals surface area (Å²) in [7, 11) is 0. The number of unbranched alkanes of at least 4 members (excludes halogenated alkanes) is 1. The molecule has 2 fully saturated rings. The Morgan fingerprint density at radius 2 is 2.21 bits per heavy atom. The van der Waals surface area contributed by atoms with Crippen LogP contribution in [0, 0.1) is 16.0 Å². The molecule has 0 N–H and O–H groups in total. The van der Waals surface area contributed by atoms with E-state index in [0.29, 0.717) is 35.9 Å². The Balaban J connectivity index is 1.67. The molecule has 7 nitrogen and oxygen atoms in total. The van der Waals surface area contributed by atoms with E-state index >= 15 is 0 Å². The zero-order valence-corrected chi connectivity index (χ0v) is 17.1. The summed E-state index contributed by atoms with van der Waals surface area (Å²) in [5.41, 5.74) is 1.37. The van der Waals surface area contributed by atoms with Crippen LogP contribution in [0.25, 0.3) is 0 Å². The molecule has 1 aliphatic carbocycles. The second-order valence-electron chi connectivity index (χ2n) is 8.17. The molecule has 1 saturated heterocycles. The average molecular weight is 406 g/mol. The summed E-state index contributed by atoms with van der Waals surface area (Å²) in [6.07, 6.45) is 7.49. The summed E-state index contributed by atoms with van der Waals surface area (Å²) in [5, 5.41) is 12.5. The minimum atomic E-state index is -0.164. The molecule has 0 aromatic carbocycles. The van der Waals surface area contributed by atoms with Crippen LogP contribution in [0.2, 0.25) is 5.15 Å². The van der Waals surface area contributed by atoms with Crippen LogP contribution in [0.1, 0.15) is 44.6 Å². The standard InChI is InChI=1S/C20H28ClN5O2/c1-2-3-9-23-13-18(26(27)28)20-24(11-15-7-8-19(21)22-10-15)12-16-5-4-6-17(16)25(20)14-23/h7-8,10,16-17H,2-6,9,11-14H2,1H3/t16-,17-/m1/s1. The van der Waals surface area contributed by atoms with Crippen LogP contribution in [0.15, 0.2) is 29.8 Å². The van der Waals surface area contributed by atoms with Gasteiger partial charge in [0.15, 0.2) is 5.82 Å². The van der Waals surface area contributed by atoms with Gasteiger partial charge in [-0.1, -0.05) is 37.4 Å². The van der Waals surface area contributed by atoms with Crippen molar-refractivity contribution in [1.82, 2.24) is 19.7 Å². The fraction of sp³-hybridized carbons (Fsp3) is 0.650. The van der Waals surface area contributed by atoms with Gasteiger partial charge in [0.2, 0.25) is 0 Å². The van der Waals surface area contributed by atoms with E-state index < -0.39 is 0 Å². The Morgan fingerprint density at radius 3 is 2.93 bits per heavy atom. The minimum absolute atomic E-state index is 0.164. The van der Waals surface area contributed by atoms with Crippen molar-refractivity contribution in [2.45, 2.75) is 51.6 Å². The summed E-state index contributed by atoms with van der Waals surface area (Å²) in [6.45, 7) is 5.80. The Kier molecular flexibility index (Phi) is 5.73. The number of hydrogen-bond donors (Lipinski definition) is 0. The highest BCUT2D eigenvalue weighted by Gasteiger charge is 2.46. The summed E-state index contributed by atoms with van der Waals surface area (Å²) >= 11 is 5.92. The fourth-order valence-corrected chi connectivity index (χ4v) is 5.06. The summed E-state index contributed by atoms with van der Waals surface area (Å²) in [5.74, 6) is 1.40. The van der Waals surface area contributed by atoms with E-state index in [1.54, 1.807) is 12.3 Å². The largest absolute Gasteiger partial charge is 0.348 e. The highest BCUT2D eigenvalue weighted by molar-refractivity contribution is 6.29. The zero-order valence-electron chi connectivity index (χ0n) is 16.4. The van der Waals surface area contributed by atoms with Crippen LogP contribution < -0.4 is 0 Å². The van der Waals surface area contributed by atoms with Gasteiger partial charge in [-0.05, 0) is 36.8 Å². The van der Waals surface area contributed by atoms with E-state index in [9.17, 15) is 10.1 Å². The molecule has 2 aliphatic heterocycles. The maximum Gasteiger partial charge on any atom is 0.300 e. The number of aromatic nitrogens is 1. The highest BCUT2D eigenvalue weighted by atomic mass is 35.5. The Hall–Kier alpha value is -1.86. The van der Waals surface area contributed by atoms with Crippen molar-refractivity contribution in [1.29, 1.82) is 0 Å². The maximum atomic E-state index is 12.0. The van der Waals surface area contributed by atoms with Crippen LogP contribution in [-0.2, 0) is 6.54 Å². The van der Waals surface area contributed by atoms with E-state index in [-0.39, 0.29) is 4.92 Å². The predicted octanol–water partition coefficient (Wildman–Crippen LogP) is 3.54. The molecule has 4 rings (SSSR count). The van der Waals surface area contributed by atoms with E-state index in [0.717, 1.165) is 50.4 Å². The number of hydrogen-bond acceptors (Lipinski definition) is 6. The van der Waals surface area contributed by atoms with Crippen molar-refractivity contribution >= 4 is 11.6 Å². The van der Waals surface area contributed by atoms with E-state index in [1.165, 1.54) is 12.8 Å². The predicted molar refractivity (Wildman–Crippen MR) is 108 cm³/mol. The van der Waals surface area contributed by atoms with Crippen molar-refractivity contribution in [2.75, 3.05) is 26.3 Å². The van der Waals surface area contributed by atoms with Crippen LogP contribution in [-0.4, -0.2) is 57.0 Å². The Labute approximate surface area is 171 Å². The molecular formula is C20H28ClN5O2.